The number of rotatable bonds is 13. The number of nitrogens with one attached hydrogen (secondary N) is 5. The molecule has 0 radical (unpaired) electrons. The van der Waals surface area contributed by atoms with Crippen molar-refractivity contribution in [1.29, 1.82) is 0 Å². The molecule has 1 saturated carbocycles. The van der Waals surface area contributed by atoms with E-state index in [9.17, 15) is 36.7 Å². The third-order valence-electron chi connectivity index (χ3n) is 7.43. The van der Waals surface area contributed by atoms with Gasteiger partial charge in [0, 0.05) is 28.5 Å². The Labute approximate surface area is 297 Å². The maximum absolute atomic E-state index is 13.4. The van der Waals surface area contributed by atoms with Crippen molar-refractivity contribution < 1.29 is 46.2 Å². The van der Waals surface area contributed by atoms with E-state index >= 15 is 0 Å². The number of ether oxygens (including phenoxy) is 2. The molecule has 0 unspecified atom stereocenters. The van der Waals surface area contributed by atoms with Gasteiger partial charge in [0.25, 0.3) is 5.91 Å². The molecule has 3 aromatic carbocycles. The van der Waals surface area contributed by atoms with Crippen LogP contribution in [-0.4, -0.2) is 71.1 Å². The number of benzene rings is 3. The number of esters is 1. The molecule has 5 rings (SSSR count). The van der Waals surface area contributed by atoms with Gasteiger partial charge in [-0.1, -0.05) is 29.8 Å². The summed E-state index contributed by atoms with van der Waals surface area (Å²) in [5.41, 5.74) is 0.705. The maximum atomic E-state index is 13.4. The van der Waals surface area contributed by atoms with Gasteiger partial charge in [-0.15, -0.1) is 0 Å². The topological polar surface area (TPSA) is 186 Å². The minimum atomic E-state index is -4.65. The van der Waals surface area contributed by atoms with Gasteiger partial charge in [-0.3, -0.25) is 14.4 Å². The molecule has 0 aliphatic heterocycles. The van der Waals surface area contributed by atoms with Crippen molar-refractivity contribution in [2.75, 3.05) is 36.2 Å². The van der Waals surface area contributed by atoms with Crippen LogP contribution in [0.25, 0.3) is 0 Å². The van der Waals surface area contributed by atoms with E-state index in [2.05, 4.69) is 41.5 Å². The van der Waals surface area contributed by atoms with E-state index in [4.69, 9.17) is 21.1 Å². The van der Waals surface area contributed by atoms with Gasteiger partial charge in [0.1, 0.15) is 11.9 Å². The van der Waals surface area contributed by atoms with Gasteiger partial charge in [0.15, 0.2) is 6.61 Å². The third-order valence-corrected chi connectivity index (χ3v) is 7.68. The maximum Gasteiger partial charge on any atom is 0.422 e. The molecule has 5 N–H and O–H groups in total. The minimum absolute atomic E-state index is 0.0274. The predicted molar refractivity (Wildman–Crippen MR) is 178 cm³/mol. The van der Waals surface area contributed by atoms with Gasteiger partial charge in [0.2, 0.25) is 11.9 Å². The number of nitrogens with zero attached hydrogens (tertiary/aromatic N) is 3. The molecule has 0 bridgehead atoms. The van der Waals surface area contributed by atoms with Crippen LogP contribution in [0.4, 0.5) is 40.8 Å². The highest BCUT2D eigenvalue weighted by Crippen LogP contribution is 2.48. The lowest BCUT2D eigenvalue weighted by molar-refractivity contribution is -0.154. The number of carbonyl (C=O) groups excluding carboxylic acids is 4. The Morgan fingerprint density at radius 1 is 0.904 bits per heavy atom. The SMILES string of the molecule is COC(=O)[C@H](CNC(=O)C(=O)Nc1cccc(F)c1)NC(=O)c1ccc(Nc2nc(NC3(c4ccc(Cl)cc4)CC3)nc(OCC(F)(F)F)n2)cc1. The molecule has 1 aliphatic rings. The molecule has 4 aromatic rings. The molecule has 0 spiro atoms. The van der Waals surface area contributed by atoms with Crippen LogP contribution in [0.2, 0.25) is 5.02 Å². The Hall–Kier alpha value is -6.04. The molecule has 1 fully saturated rings. The van der Waals surface area contributed by atoms with E-state index in [-0.39, 0.29) is 23.1 Å². The highest BCUT2D eigenvalue weighted by atomic mass is 35.5. The van der Waals surface area contributed by atoms with E-state index in [0.29, 0.717) is 23.6 Å². The first-order chi connectivity index (χ1) is 24.7. The first kappa shape index (κ1) is 37.2. The van der Waals surface area contributed by atoms with E-state index in [1.807, 2.05) is 12.1 Å². The molecule has 1 heterocycles. The van der Waals surface area contributed by atoms with Crippen LogP contribution in [0.15, 0.2) is 72.8 Å². The fourth-order valence-corrected chi connectivity index (χ4v) is 4.84. The summed E-state index contributed by atoms with van der Waals surface area (Å²) in [7, 11) is 1.06. The molecule has 1 atom stereocenters. The van der Waals surface area contributed by atoms with Crippen molar-refractivity contribution in [1.82, 2.24) is 25.6 Å². The smallest absolute Gasteiger partial charge is 0.422 e. The lowest BCUT2D eigenvalue weighted by atomic mass is 10.1. The number of aromatic nitrogens is 3. The number of methoxy groups -OCH3 is 1. The summed E-state index contributed by atoms with van der Waals surface area (Å²) in [5, 5.41) is 13.4. The molecule has 3 amide bonds. The molecule has 14 nitrogen and oxygen atoms in total. The quantitative estimate of drug-likeness (QED) is 0.0739. The average molecular weight is 745 g/mol. The second-order valence-corrected chi connectivity index (χ2v) is 11.7. The Bertz CT molecular complexity index is 1950. The van der Waals surface area contributed by atoms with Crippen molar-refractivity contribution in [3.05, 3.63) is 94.8 Å². The zero-order valence-electron chi connectivity index (χ0n) is 27.0. The zero-order chi connectivity index (χ0) is 37.5. The number of hydrogen-bond donors (Lipinski definition) is 5. The fourth-order valence-electron chi connectivity index (χ4n) is 4.71. The number of alkyl halides is 3. The van der Waals surface area contributed by atoms with Crippen LogP contribution in [0, 0.1) is 5.82 Å². The van der Waals surface area contributed by atoms with Gasteiger partial charge in [0.05, 0.1) is 12.6 Å². The Kier molecular flexibility index (Phi) is 11.4. The predicted octanol–water partition coefficient (Wildman–Crippen LogP) is 4.48. The van der Waals surface area contributed by atoms with Crippen LogP contribution >= 0.6 is 11.6 Å². The van der Waals surface area contributed by atoms with Crippen LogP contribution in [0.1, 0.15) is 28.8 Å². The molecular weight excluding hydrogens is 716 g/mol. The molecule has 52 heavy (non-hydrogen) atoms. The summed E-state index contributed by atoms with van der Waals surface area (Å²) in [6, 6.07) is 15.5. The number of amides is 3. The first-order valence-corrected chi connectivity index (χ1v) is 15.7. The van der Waals surface area contributed by atoms with E-state index < -0.39 is 66.4 Å². The molecule has 1 aliphatic carbocycles. The average Bonchev–Trinajstić information content (AvgIpc) is 3.89. The third kappa shape index (κ3) is 10.3. The molecule has 0 saturated heterocycles. The second kappa shape index (κ2) is 15.9. The zero-order valence-corrected chi connectivity index (χ0v) is 27.8. The van der Waals surface area contributed by atoms with Gasteiger partial charge < -0.3 is 36.1 Å². The summed E-state index contributed by atoms with van der Waals surface area (Å²) in [4.78, 5) is 62.1. The van der Waals surface area contributed by atoms with Gasteiger partial charge >= 0.3 is 30.0 Å². The van der Waals surface area contributed by atoms with Crippen molar-refractivity contribution in [3.8, 4) is 6.01 Å². The first-order valence-electron chi connectivity index (χ1n) is 15.3. The summed E-state index contributed by atoms with van der Waals surface area (Å²) in [6.45, 7) is -2.17. The summed E-state index contributed by atoms with van der Waals surface area (Å²) in [6.07, 6.45) is -3.26. The number of carbonyl (C=O) groups is 4. The fraction of sp³-hybridized carbons (Fsp3) is 0.242. The molecule has 1 aromatic heterocycles. The lowest BCUT2D eigenvalue weighted by Gasteiger charge is -2.19. The highest BCUT2D eigenvalue weighted by Gasteiger charge is 2.45. The largest absolute Gasteiger partial charge is 0.467 e. The van der Waals surface area contributed by atoms with Gasteiger partial charge in [-0.05, 0) is 73.0 Å². The van der Waals surface area contributed by atoms with E-state index in [1.54, 1.807) is 12.1 Å². The van der Waals surface area contributed by atoms with Crippen molar-refractivity contribution in [2.45, 2.75) is 30.6 Å². The summed E-state index contributed by atoms with van der Waals surface area (Å²) < 4.78 is 61.7. The Morgan fingerprint density at radius 2 is 1.60 bits per heavy atom. The van der Waals surface area contributed by atoms with Crippen molar-refractivity contribution in [2.24, 2.45) is 0 Å². The number of anilines is 4. The monoisotopic (exact) mass is 744 g/mol. The molecular formula is C33H29ClF4N8O6. The van der Waals surface area contributed by atoms with Crippen LogP contribution < -0.4 is 31.3 Å². The van der Waals surface area contributed by atoms with Gasteiger partial charge in [-0.2, -0.15) is 28.1 Å². The Balaban J connectivity index is 1.24. The van der Waals surface area contributed by atoms with Crippen LogP contribution in [-0.2, 0) is 24.7 Å². The van der Waals surface area contributed by atoms with Crippen LogP contribution in [0.5, 0.6) is 6.01 Å². The van der Waals surface area contributed by atoms with Crippen molar-refractivity contribution in [3.63, 3.8) is 0 Å². The summed E-state index contributed by atoms with van der Waals surface area (Å²) >= 11 is 6.01. The van der Waals surface area contributed by atoms with E-state index in [0.717, 1.165) is 24.8 Å². The van der Waals surface area contributed by atoms with Crippen molar-refractivity contribution >= 4 is 58.6 Å². The minimum Gasteiger partial charge on any atom is -0.467 e. The highest BCUT2D eigenvalue weighted by molar-refractivity contribution is 6.39. The van der Waals surface area contributed by atoms with Crippen LogP contribution in [0.3, 0.4) is 0 Å². The Morgan fingerprint density at radius 3 is 2.23 bits per heavy atom. The molecule has 272 valence electrons. The normalized spacial score (nSPS) is 13.6. The lowest BCUT2D eigenvalue weighted by Crippen LogP contribution is -2.50. The standard InChI is InChI=1S/C33H29ClF4N8O6/c1-51-28(50)24(16-39-26(48)27(49)40-23-4-2-3-21(35)15-23)42-25(47)18-5-11-22(12-6-18)41-29-43-30(45-31(44-29)52-17-33(36,37)38)46-32(13-14-32)19-7-9-20(34)10-8-19/h2-12,15,24H,13-14,16-17H2,1H3,(H,39,48)(H,40,49)(H,42,47)(H2,41,43,44,45,46)/t24-/m0/s1. The number of halogens is 5. The summed E-state index contributed by atoms with van der Waals surface area (Å²) in [5.74, 6) is -4.84. The number of hydrogen-bond acceptors (Lipinski definition) is 11. The van der Waals surface area contributed by atoms with E-state index in [1.165, 1.54) is 36.4 Å². The molecule has 19 heteroatoms. The van der Waals surface area contributed by atoms with Gasteiger partial charge in [-0.25, -0.2) is 9.18 Å². The second-order valence-electron chi connectivity index (χ2n) is 11.3.